The van der Waals surface area contributed by atoms with Gasteiger partial charge in [0.25, 0.3) is 0 Å². The number of hydrogen-bond donors (Lipinski definition) is 2. The molecule has 0 radical (unpaired) electrons. The molecular weight excluding hydrogens is 228 g/mol. The summed E-state index contributed by atoms with van der Waals surface area (Å²) in [6.07, 6.45) is 5.55. The Morgan fingerprint density at radius 2 is 1.89 bits per heavy atom. The monoisotopic (exact) mass is 254 g/mol. The molecule has 1 unspecified atom stereocenters. The summed E-state index contributed by atoms with van der Waals surface area (Å²) in [5, 5.41) is 2.99. The SMILES string of the molecule is CNC(CN1CCN(C2CCCC2)CC1)C(N)=O. The first-order chi connectivity index (χ1) is 8.70. The molecule has 1 aliphatic carbocycles. The van der Waals surface area contributed by atoms with Crippen molar-refractivity contribution in [3.05, 3.63) is 0 Å². The van der Waals surface area contributed by atoms with Crippen molar-refractivity contribution >= 4 is 5.91 Å². The first-order valence-electron chi connectivity index (χ1n) is 7.13. The summed E-state index contributed by atoms with van der Waals surface area (Å²) in [6, 6.07) is 0.603. The summed E-state index contributed by atoms with van der Waals surface area (Å²) >= 11 is 0. The Kier molecular flexibility index (Phi) is 4.97. The van der Waals surface area contributed by atoms with Crippen molar-refractivity contribution in [3.63, 3.8) is 0 Å². The van der Waals surface area contributed by atoms with E-state index in [0.717, 1.165) is 38.8 Å². The molecule has 1 heterocycles. The van der Waals surface area contributed by atoms with Crippen LogP contribution in [0.3, 0.4) is 0 Å². The molecule has 0 aromatic heterocycles. The summed E-state index contributed by atoms with van der Waals surface area (Å²) in [6.45, 7) is 5.13. The first-order valence-corrected chi connectivity index (χ1v) is 7.13. The average Bonchev–Trinajstić information content (AvgIpc) is 2.90. The molecule has 2 fully saturated rings. The minimum atomic E-state index is -0.254. The van der Waals surface area contributed by atoms with Gasteiger partial charge in [-0.2, -0.15) is 0 Å². The predicted octanol–water partition coefficient (Wildman–Crippen LogP) is -0.380. The van der Waals surface area contributed by atoms with Crippen LogP contribution >= 0.6 is 0 Å². The van der Waals surface area contributed by atoms with Gasteiger partial charge in [-0.25, -0.2) is 0 Å². The van der Waals surface area contributed by atoms with Crippen LogP contribution in [0.4, 0.5) is 0 Å². The summed E-state index contributed by atoms with van der Waals surface area (Å²) < 4.78 is 0. The molecule has 1 saturated carbocycles. The summed E-state index contributed by atoms with van der Waals surface area (Å²) in [7, 11) is 1.80. The van der Waals surface area contributed by atoms with E-state index in [1.54, 1.807) is 7.05 Å². The lowest BCUT2D eigenvalue weighted by Gasteiger charge is -2.38. The first kappa shape index (κ1) is 13.8. The molecule has 18 heavy (non-hydrogen) atoms. The highest BCUT2D eigenvalue weighted by atomic mass is 16.1. The number of carbonyl (C=O) groups excluding carboxylic acids is 1. The smallest absolute Gasteiger partial charge is 0.235 e. The lowest BCUT2D eigenvalue weighted by atomic mass is 10.1. The third kappa shape index (κ3) is 3.43. The number of nitrogens with zero attached hydrogens (tertiary/aromatic N) is 2. The van der Waals surface area contributed by atoms with Gasteiger partial charge in [0.05, 0.1) is 6.04 Å². The van der Waals surface area contributed by atoms with Crippen LogP contribution in [0.25, 0.3) is 0 Å². The van der Waals surface area contributed by atoms with Gasteiger partial charge < -0.3 is 11.1 Å². The van der Waals surface area contributed by atoms with Crippen LogP contribution in [-0.4, -0.2) is 67.6 Å². The normalized spacial score (nSPS) is 25.4. The summed E-state index contributed by atoms with van der Waals surface area (Å²) in [5.41, 5.74) is 5.35. The van der Waals surface area contributed by atoms with Gasteiger partial charge in [-0.1, -0.05) is 12.8 Å². The van der Waals surface area contributed by atoms with Crippen molar-refractivity contribution in [2.24, 2.45) is 5.73 Å². The third-order valence-corrected chi connectivity index (χ3v) is 4.38. The molecule has 1 saturated heterocycles. The highest BCUT2D eigenvalue weighted by Gasteiger charge is 2.27. The van der Waals surface area contributed by atoms with Crippen molar-refractivity contribution in [3.8, 4) is 0 Å². The van der Waals surface area contributed by atoms with E-state index in [9.17, 15) is 4.79 Å². The predicted molar refractivity (Wildman–Crippen MR) is 72.3 cm³/mol. The quantitative estimate of drug-likeness (QED) is 0.702. The van der Waals surface area contributed by atoms with Gasteiger partial charge in [-0.3, -0.25) is 14.6 Å². The number of nitrogens with two attached hydrogens (primary N) is 1. The van der Waals surface area contributed by atoms with Crippen LogP contribution in [0.2, 0.25) is 0 Å². The molecule has 5 heteroatoms. The molecule has 1 amide bonds. The van der Waals surface area contributed by atoms with Crippen LogP contribution in [0.5, 0.6) is 0 Å². The highest BCUT2D eigenvalue weighted by Crippen LogP contribution is 2.24. The van der Waals surface area contributed by atoms with Crippen LogP contribution in [-0.2, 0) is 4.79 Å². The minimum absolute atomic E-state index is 0.219. The van der Waals surface area contributed by atoms with Crippen LogP contribution in [0, 0.1) is 0 Å². The molecule has 1 aliphatic heterocycles. The fourth-order valence-electron chi connectivity index (χ4n) is 3.16. The van der Waals surface area contributed by atoms with Crippen molar-refractivity contribution in [1.29, 1.82) is 0 Å². The number of amides is 1. The maximum atomic E-state index is 11.2. The van der Waals surface area contributed by atoms with Crippen molar-refractivity contribution in [1.82, 2.24) is 15.1 Å². The average molecular weight is 254 g/mol. The minimum Gasteiger partial charge on any atom is -0.368 e. The van der Waals surface area contributed by atoms with Gasteiger partial charge in [-0.15, -0.1) is 0 Å². The lowest BCUT2D eigenvalue weighted by molar-refractivity contribution is -0.120. The molecule has 0 bridgehead atoms. The Morgan fingerprint density at radius 1 is 1.28 bits per heavy atom. The van der Waals surface area contributed by atoms with E-state index in [-0.39, 0.29) is 11.9 Å². The Hall–Kier alpha value is -0.650. The molecule has 1 atom stereocenters. The van der Waals surface area contributed by atoms with Crippen molar-refractivity contribution in [2.45, 2.75) is 37.8 Å². The van der Waals surface area contributed by atoms with E-state index < -0.39 is 0 Å². The molecular formula is C13H26N4O. The maximum Gasteiger partial charge on any atom is 0.235 e. The van der Waals surface area contributed by atoms with Gasteiger partial charge in [0.2, 0.25) is 5.91 Å². The zero-order valence-electron chi connectivity index (χ0n) is 11.4. The fraction of sp³-hybridized carbons (Fsp3) is 0.923. The number of primary amides is 1. The number of hydrogen-bond acceptors (Lipinski definition) is 4. The third-order valence-electron chi connectivity index (χ3n) is 4.38. The van der Waals surface area contributed by atoms with E-state index >= 15 is 0 Å². The van der Waals surface area contributed by atoms with Crippen LogP contribution < -0.4 is 11.1 Å². The van der Waals surface area contributed by atoms with Gasteiger partial charge in [0, 0.05) is 38.8 Å². The Balaban J connectivity index is 1.74. The molecule has 0 spiro atoms. The number of rotatable bonds is 5. The summed E-state index contributed by atoms with van der Waals surface area (Å²) in [5.74, 6) is -0.254. The van der Waals surface area contributed by atoms with E-state index in [0.29, 0.717) is 0 Å². The largest absolute Gasteiger partial charge is 0.368 e. The molecule has 2 rings (SSSR count). The Labute approximate surface area is 110 Å². The molecule has 5 nitrogen and oxygen atoms in total. The number of nitrogens with one attached hydrogen (secondary N) is 1. The highest BCUT2D eigenvalue weighted by molar-refractivity contribution is 5.80. The van der Waals surface area contributed by atoms with E-state index in [2.05, 4.69) is 15.1 Å². The summed E-state index contributed by atoms with van der Waals surface area (Å²) in [4.78, 5) is 16.2. The second-order valence-electron chi connectivity index (χ2n) is 5.52. The van der Waals surface area contributed by atoms with E-state index in [4.69, 9.17) is 5.73 Å². The van der Waals surface area contributed by atoms with Gasteiger partial charge in [0.15, 0.2) is 0 Å². The van der Waals surface area contributed by atoms with E-state index in [1.165, 1.54) is 25.7 Å². The Morgan fingerprint density at radius 3 is 2.39 bits per heavy atom. The van der Waals surface area contributed by atoms with Crippen molar-refractivity contribution < 1.29 is 4.79 Å². The second kappa shape index (κ2) is 6.50. The van der Waals surface area contributed by atoms with Crippen LogP contribution in [0.15, 0.2) is 0 Å². The second-order valence-corrected chi connectivity index (χ2v) is 5.52. The van der Waals surface area contributed by atoms with Gasteiger partial charge in [0.1, 0.15) is 0 Å². The maximum absolute atomic E-state index is 11.2. The topological polar surface area (TPSA) is 61.6 Å². The standard InChI is InChI=1S/C13H26N4O/c1-15-12(13(14)18)10-16-6-8-17(9-7-16)11-4-2-3-5-11/h11-12,15H,2-10H2,1H3,(H2,14,18). The van der Waals surface area contributed by atoms with Gasteiger partial charge in [-0.05, 0) is 19.9 Å². The fourth-order valence-corrected chi connectivity index (χ4v) is 3.16. The molecule has 2 aliphatic rings. The lowest BCUT2D eigenvalue weighted by Crippen LogP contribution is -2.54. The molecule has 0 aromatic carbocycles. The van der Waals surface area contributed by atoms with E-state index in [1.807, 2.05) is 0 Å². The Bertz CT molecular complexity index is 270. The number of piperazine rings is 1. The number of carbonyl (C=O) groups is 1. The number of likely N-dealkylation sites (N-methyl/N-ethyl adjacent to an activating group) is 1. The molecule has 3 N–H and O–H groups in total. The molecule has 104 valence electrons. The molecule has 0 aromatic rings. The van der Waals surface area contributed by atoms with Crippen molar-refractivity contribution in [2.75, 3.05) is 39.8 Å². The zero-order valence-corrected chi connectivity index (χ0v) is 11.4. The van der Waals surface area contributed by atoms with Gasteiger partial charge >= 0.3 is 0 Å². The van der Waals surface area contributed by atoms with Crippen LogP contribution in [0.1, 0.15) is 25.7 Å². The zero-order chi connectivity index (χ0) is 13.0.